The van der Waals surface area contributed by atoms with E-state index in [0.717, 1.165) is 36.1 Å². The zero-order valence-corrected chi connectivity index (χ0v) is 18.2. The predicted molar refractivity (Wildman–Crippen MR) is 124 cm³/mol. The number of nitrogens with one attached hydrogen (secondary N) is 2. The molecular weight excluding hydrogens is 388 g/mol. The first kappa shape index (κ1) is 22.4. The number of aryl methyl sites for hydroxylation is 1. The van der Waals surface area contributed by atoms with Gasteiger partial charge in [-0.3, -0.25) is 4.79 Å². The minimum atomic E-state index is -0.298. The maximum Gasteiger partial charge on any atom is 0.229 e. The van der Waals surface area contributed by atoms with Crippen LogP contribution in [0.1, 0.15) is 31.7 Å². The van der Waals surface area contributed by atoms with Crippen molar-refractivity contribution in [3.8, 4) is 16.9 Å². The lowest BCUT2D eigenvalue weighted by molar-refractivity contribution is -0.120. The minimum absolute atomic E-state index is 0.139. The van der Waals surface area contributed by atoms with Crippen LogP contribution in [0.4, 0.5) is 5.82 Å². The van der Waals surface area contributed by atoms with Crippen LogP contribution in [0.3, 0.4) is 0 Å². The summed E-state index contributed by atoms with van der Waals surface area (Å²) in [6.07, 6.45) is 3.80. The molecule has 3 rings (SSSR count). The molecule has 0 radical (unpaired) electrons. The molecule has 0 fully saturated rings. The molecule has 0 aliphatic carbocycles. The fourth-order valence-electron chi connectivity index (χ4n) is 3.66. The van der Waals surface area contributed by atoms with Crippen LogP contribution in [0.2, 0.25) is 0 Å². The molecule has 0 bridgehead atoms. The molecule has 1 atom stereocenters. The molecule has 1 unspecified atom stereocenters. The van der Waals surface area contributed by atoms with E-state index in [-0.39, 0.29) is 11.8 Å². The monoisotopic (exact) mass is 418 g/mol. The topological polar surface area (TPSA) is 76.0 Å². The third-order valence-electron chi connectivity index (χ3n) is 5.18. The maximum atomic E-state index is 12.8. The Morgan fingerprint density at radius 2 is 1.94 bits per heavy atom. The number of hydrogen-bond donors (Lipinski definition) is 2. The van der Waals surface area contributed by atoms with E-state index in [1.165, 1.54) is 5.56 Å². The number of nitrogens with zero attached hydrogens (tertiary/aromatic N) is 2. The van der Waals surface area contributed by atoms with Gasteiger partial charge in [0.15, 0.2) is 5.82 Å². The van der Waals surface area contributed by atoms with Crippen molar-refractivity contribution >= 4 is 18.0 Å². The Morgan fingerprint density at radius 1 is 1.13 bits per heavy atom. The van der Waals surface area contributed by atoms with Crippen molar-refractivity contribution in [2.75, 3.05) is 18.9 Å². The van der Waals surface area contributed by atoms with E-state index < -0.39 is 0 Å². The lowest BCUT2D eigenvalue weighted by Crippen LogP contribution is -2.31. The van der Waals surface area contributed by atoms with Crippen LogP contribution in [0, 0.1) is 5.92 Å². The van der Waals surface area contributed by atoms with Crippen LogP contribution in [-0.2, 0) is 16.0 Å². The van der Waals surface area contributed by atoms with Crippen molar-refractivity contribution < 1.29 is 9.59 Å². The van der Waals surface area contributed by atoms with Gasteiger partial charge in [-0.05, 0) is 43.7 Å². The van der Waals surface area contributed by atoms with Gasteiger partial charge in [-0.15, -0.1) is 5.10 Å². The number of para-hydroxylation sites is 1. The van der Waals surface area contributed by atoms with Gasteiger partial charge >= 0.3 is 0 Å². The van der Waals surface area contributed by atoms with Crippen molar-refractivity contribution in [2.45, 2.75) is 32.6 Å². The fraction of sp³-hybridized carbons (Fsp3) is 0.320. The van der Waals surface area contributed by atoms with Gasteiger partial charge in [0.2, 0.25) is 5.91 Å². The quantitative estimate of drug-likeness (QED) is 0.457. The molecule has 1 heterocycles. The number of carbonyl (C=O) groups excluding carboxylic acids is 2. The molecule has 6 nitrogen and oxygen atoms in total. The summed E-state index contributed by atoms with van der Waals surface area (Å²) in [6, 6.07) is 20.2. The van der Waals surface area contributed by atoms with Crippen LogP contribution in [0.5, 0.6) is 0 Å². The summed E-state index contributed by atoms with van der Waals surface area (Å²) in [5, 5.41) is 10.7. The molecule has 31 heavy (non-hydrogen) atoms. The largest absolute Gasteiger partial charge is 0.319 e. The molecule has 6 heteroatoms. The van der Waals surface area contributed by atoms with Crippen molar-refractivity contribution in [2.24, 2.45) is 5.92 Å². The van der Waals surface area contributed by atoms with Gasteiger partial charge in [0, 0.05) is 24.6 Å². The molecule has 0 spiro atoms. The molecule has 2 aromatic carbocycles. The molecule has 3 aromatic rings. The lowest BCUT2D eigenvalue weighted by Gasteiger charge is -2.14. The third-order valence-corrected chi connectivity index (χ3v) is 5.18. The summed E-state index contributed by atoms with van der Waals surface area (Å²) in [6.45, 7) is 2.67. The Morgan fingerprint density at radius 3 is 2.65 bits per heavy atom. The first-order valence-electron chi connectivity index (χ1n) is 10.8. The number of aromatic nitrogens is 2. The van der Waals surface area contributed by atoms with Gasteiger partial charge in [0.25, 0.3) is 0 Å². The summed E-state index contributed by atoms with van der Waals surface area (Å²) in [5.74, 6) is 0.0607. The number of carbonyl (C=O) groups is 2. The summed E-state index contributed by atoms with van der Waals surface area (Å²) < 4.78 is 1.86. The molecule has 0 saturated carbocycles. The Bertz CT molecular complexity index is 998. The number of rotatable bonds is 11. The average Bonchev–Trinajstić information content (AvgIpc) is 3.21. The van der Waals surface area contributed by atoms with Crippen LogP contribution >= 0.6 is 0 Å². The Kier molecular flexibility index (Phi) is 8.12. The minimum Gasteiger partial charge on any atom is -0.319 e. The highest BCUT2D eigenvalue weighted by molar-refractivity contribution is 5.92. The predicted octanol–water partition coefficient (Wildman–Crippen LogP) is 4.25. The number of benzene rings is 2. The number of hydrogen-bond acceptors (Lipinski definition) is 4. The Hall–Kier alpha value is -3.25. The number of amides is 1. The van der Waals surface area contributed by atoms with Gasteiger partial charge in [0.05, 0.1) is 17.3 Å². The van der Waals surface area contributed by atoms with Crippen LogP contribution in [0.25, 0.3) is 16.9 Å². The van der Waals surface area contributed by atoms with E-state index in [9.17, 15) is 9.59 Å². The van der Waals surface area contributed by atoms with Crippen molar-refractivity contribution in [3.63, 3.8) is 0 Å². The maximum absolute atomic E-state index is 12.8. The second-order valence-corrected chi connectivity index (χ2v) is 7.60. The van der Waals surface area contributed by atoms with E-state index in [4.69, 9.17) is 5.10 Å². The first-order valence-corrected chi connectivity index (χ1v) is 10.8. The standard InChI is InChI=1S/C25H30N4O2/c1-3-9-19-10-7-11-20(16-19)23-17-24(28-29(23)22-13-5-4-6-14-22)27-25(31)21(18-26-2)12-8-15-30/h4-7,10-11,13-17,21,26H,3,8-9,12,18H2,1-2H3,(H,27,28,31). The molecule has 162 valence electrons. The van der Waals surface area contributed by atoms with Crippen molar-refractivity contribution in [1.29, 1.82) is 0 Å². The Labute approximate surface area is 183 Å². The molecule has 0 saturated heterocycles. The second kappa shape index (κ2) is 11.2. The fourth-order valence-corrected chi connectivity index (χ4v) is 3.66. The lowest BCUT2D eigenvalue weighted by atomic mass is 10.0. The van der Waals surface area contributed by atoms with Gasteiger partial charge in [-0.1, -0.05) is 49.7 Å². The third kappa shape index (κ3) is 5.89. The summed E-state index contributed by atoms with van der Waals surface area (Å²) in [5.41, 5.74) is 4.16. The first-order chi connectivity index (χ1) is 15.2. The van der Waals surface area contributed by atoms with E-state index in [1.54, 1.807) is 7.05 Å². The van der Waals surface area contributed by atoms with Gasteiger partial charge < -0.3 is 15.4 Å². The molecule has 2 N–H and O–H groups in total. The van der Waals surface area contributed by atoms with Gasteiger partial charge in [0.1, 0.15) is 6.29 Å². The number of anilines is 1. The normalized spacial score (nSPS) is 11.8. The summed E-state index contributed by atoms with van der Waals surface area (Å²) in [4.78, 5) is 23.6. The number of aldehydes is 1. The average molecular weight is 419 g/mol. The van der Waals surface area contributed by atoms with E-state index in [2.05, 4.69) is 41.8 Å². The van der Waals surface area contributed by atoms with Gasteiger partial charge in [-0.25, -0.2) is 4.68 Å². The SMILES string of the molecule is CCCc1cccc(-c2cc(NC(=O)C(CCC=O)CNC)nn2-c2ccccc2)c1. The van der Waals surface area contributed by atoms with Crippen molar-refractivity contribution in [3.05, 3.63) is 66.2 Å². The zero-order valence-electron chi connectivity index (χ0n) is 18.2. The van der Waals surface area contributed by atoms with E-state index >= 15 is 0 Å². The summed E-state index contributed by atoms with van der Waals surface area (Å²) >= 11 is 0. The smallest absolute Gasteiger partial charge is 0.229 e. The molecule has 1 amide bonds. The Balaban J connectivity index is 1.95. The molecular formula is C25H30N4O2. The highest BCUT2D eigenvalue weighted by atomic mass is 16.2. The van der Waals surface area contributed by atoms with Crippen LogP contribution in [-0.4, -0.2) is 35.6 Å². The van der Waals surface area contributed by atoms with Gasteiger partial charge in [-0.2, -0.15) is 0 Å². The summed E-state index contributed by atoms with van der Waals surface area (Å²) in [7, 11) is 1.80. The van der Waals surface area contributed by atoms with Crippen LogP contribution in [0.15, 0.2) is 60.7 Å². The van der Waals surface area contributed by atoms with Crippen molar-refractivity contribution in [1.82, 2.24) is 15.1 Å². The molecule has 0 aliphatic heterocycles. The second-order valence-electron chi connectivity index (χ2n) is 7.60. The van der Waals surface area contributed by atoms with E-state index in [0.29, 0.717) is 25.2 Å². The van der Waals surface area contributed by atoms with Crippen LogP contribution < -0.4 is 10.6 Å². The molecule has 1 aromatic heterocycles. The zero-order chi connectivity index (χ0) is 22.1. The van der Waals surface area contributed by atoms with E-state index in [1.807, 2.05) is 41.1 Å². The highest BCUT2D eigenvalue weighted by Crippen LogP contribution is 2.27. The highest BCUT2D eigenvalue weighted by Gasteiger charge is 2.20. The molecule has 0 aliphatic rings.